The van der Waals surface area contributed by atoms with Crippen LogP contribution in [-0.4, -0.2) is 27.4 Å². The highest BCUT2D eigenvalue weighted by atomic mass is 16.5. The van der Waals surface area contributed by atoms with Crippen LogP contribution in [0.15, 0.2) is 0 Å². The van der Waals surface area contributed by atoms with Crippen LogP contribution in [0.2, 0.25) is 0 Å². The standard InChI is InChI=1S/C10H22O2/c1-8(2)10(7-12-5)9(3)6-11-4/h8-10H,6-7H2,1-5H3. The van der Waals surface area contributed by atoms with Crippen LogP contribution in [0.5, 0.6) is 0 Å². The highest BCUT2D eigenvalue weighted by Crippen LogP contribution is 2.21. The van der Waals surface area contributed by atoms with Gasteiger partial charge in [0.25, 0.3) is 0 Å². The van der Waals surface area contributed by atoms with Crippen LogP contribution in [0, 0.1) is 17.8 Å². The van der Waals surface area contributed by atoms with E-state index in [1.807, 2.05) is 0 Å². The van der Waals surface area contributed by atoms with Crippen LogP contribution in [0.25, 0.3) is 0 Å². The van der Waals surface area contributed by atoms with E-state index < -0.39 is 0 Å². The third-order valence-electron chi connectivity index (χ3n) is 2.38. The average Bonchev–Trinajstić information content (AvgIpc) is 1.99. The molecule has 0 aromatic heterocycles. The maximum absolute atomic E-state index is 5.18. The fourth-order valence-corrected chi connectivity index (χ4v) is 1.59. The molecule has 0 spiro atoms. The zero-order valence-corrected chi connectivity index (χ0v) is 8.96. The van der Waals surface area contributed by atoms with Gasteiger partial charge in [-0.3, -0.25) is 0 Å². The molecule has 0 radical (unpaired) electrons. The van der Waals surface area contributed by atoms with Gasteiger partial charge in [-0.15, -0.1) is 0 Å². The van der Waals surface area contributed by atoms with Gasteiger partial charge in [-0.2, -0.15) is 0 Å². The second-order valence-corrected chi connectivity index (χ2v) is 3.80. The van der Waals surface area contributed by atoms with Crippen molar-refractivity contribution in [1.29, 1.82) is 0 Å². The van der Waals surface area contributed by atoms with Crippen LogP contribution >= 0.6 is 0 Å². The number of hydrogen-bond donors (Lipinski definition) is 0. The van der Waals surface area contributed by atoms with Crippen LogP contribution in [0.1, 0.15) is 20.8 Å². The molecule has 2 unspecified atom stereocenters. The van der Waals surface area contributed by atoms with Crippen LogP contribution in [0.3, 0.4) is 0 Å². The summed E-state index contributed by atoms with van der Waals surface area (Å²) in [6, 6.07) is 0. The molecule has 0 rings (SSSR count). The Hall–Kier alpha value is -0.0800. The Kier molecular flexibility index (Phi) is 6.39. The molecule has 0 amide bonds. The Bertz CT molecular complexity index is 102. The van der Waals surface area contributed by atoms with E-state index in [1.54, 1.807) is 14.2 Å². The molecular formula is C10H22O2. The predicted octanol–water partition coefficient (Wildman–Crippen LogP) is 2.19. The largest absolute Gasteiger partial charge is 0.384 e. The summed E-state index contributed by atoms with van der Waals surface area (Å²) in [5, 5.41) is 0. The van der Waals surface area contributed by atoms with Gasteiger partial charge >= 0.3 is 0 Å². The average molecular weight is 174 g/mol. The first-order valence-electron chi connectivity index (χ1n) is 4.61. The molecule has 0 saturated carbocycles. The highest BCUT2D eigenvalue weighted by Gasteiger charge is 2.20. The van der Waals surface area contributed by atoms with E-state index in [4.69, 9.17) is 9.47 Å². The molecule has 0 fully saturated rings. The van der Waals surface area contributed by atoms with Gasteiger partial charge in [0.1, 0.15) is 0 Å². The van der Waals surface area contributed by atoms with Crippen LogP contribution in [-0.2, 0) is 9.47 Å². The number of methoxy groups -OCH3 is 2. The molecule has 0 aliphatic rings. The molecule has 2 heteroatoms. The summed E-state index contributed by atoms with van der Waals surface area (Å²) < 4.78 is 10.3. The molecule has 2 atom stereocenters. The molecule has 0 aliphatic carbocycles. The minimum Gasteiger partial charge on any atom is -0.384 e. The minimum absolute atomic E-state index is 0.579. The maximum atomic E-state index is 5.18. The van der Waals surface area contributed by atoms with Gasteiger partial charge in [0.2, 0.25) is 0 Å². The molecule has 74 valence electrons. The Morgan fingerprint density at radius 1 is 0.917 bits per heavy atom. The first-order chi connectivity index (χ1) is 5.63. The van der Waals surface area contributed by atoms with Gasteiger partial charge < -0.3 is 9.47 Å². The molecule has 0 saturated heterocycles. The molecule has 2 nitrogen and oxygen atoms in total. The van der Waals surface area contributed by atoms with Crippen molar-refractivity contribution >= 4 is 0 Å². The van der Waals surface area contributed by atoms with Gasteiger partial charge in [-0.25, -0.2) is 0 Å². The van der Waals surface area contributed by atoms with Crippen LogP contribution < -0.4 is 0 Å². The lowest BCUT2D eigenvalue weighted by Crippen LogP contribution is -2.25. The Balaban J connectivity index is 3.90. The third kappa shape index (κ3) is 4.07. The summed E-state index contributed by atoms with van der Waals surface area (Å²) >= 11 is 0. The second-order valence-electron chi connectivity index (χ2n) is 3.80. The Morgan fingerprint density at radius 3 is 1.75 bits per heavy atom. The van der Waals surface area contributed by atoms with Crippen molar-refractivity contribution in [1.82, 2.24) is 0 Å². The molecule has 12 heavy (non-hydrogen) atoms. The minimum atomic E-state index is 0.579. The number of rotatable bonds is 6. The number of hydrogen-bond acceptors (Lipinski definition) is 2. The van der Waals surface area contributed by atoms with Crippen molar-refractivity contribution < 1.29 is 9.47 Å². The van der Waals surface area contributed by atoms with Gasteiger partial charge in [0.05, 0.1) is 0 Å². The molecule has 0 N–H and O–H groups in total. The Morgan fingerprint density at radius 2 is 1.42 bits per heavy atom. The van der Waals surface area contributed by atoms with Gasteiger partial charge in [-0.1, -0.05) is 20.8 Å². The van der Waals surface area contributed by atoms with E-state index in [-0.39, 0.29) is 0 Å². The first-order valence-corrected chi connectivity index (χ1v) is 4.61. The number of ether oxygens (including phenoxy) is 2. The fraction of sp³-hybridized carbons (Fsp3) is 1.00. The predicted molar refractivity (Wildman–Crippen MR) is 51.2 cm³/mol. The maximum Gasteiger partial charge on any atom is 0.0496 e. The van der Waals surface area contributed by atoms with Crippen molar-refractivity contribution in [3.63, 3.8) is 0 Å². The van der Waals surface area contributed by atoms with E-state index in [9.17, 15) is 0 Å². The van der Waals surface area contributed by atoms with E-state index >= 15 is 0 Å². The fourth-order valence-electron chi connectivity index (χ4n) is 1.59. The highest BCUT2D eigenvalue weighted by molar-refractivity contribution is 4.68. The summed E-state index contributed by atoms with van der Waals surface area (Å²) in [5.74, 6) is 1.85. The van der Waals surface area contributed by atoms with Gasteiger partial charge in [0, 0.05) is 27.4 Å². The third-order valence-corrected chi connectivity index (χ3v) is 2.38. The SMILES string of the molecule is COCC(C)C(COC)C(C)C. The summed E-state index contributed by atoms with van der Waals surface area (Å²) in [4.78, 5) is 0. The monoisotopic (exact) mass is 174 g/mol. The first kappa shape index (κ1) is 11.9. The molecule has 0 bridgehead atoms. The molecule has 0 heterocycles. The topological polar surface area (TPSA) is 18.5 Å². The smallest absolute Gasteiger partial charge is 0.0496 e. The molecule has 0 aromatic rings. The Labute approximate surface area is 76.3 Å². The lowest BCUT2D eigenvalue weighted by molar-refractivity contribution is 0.0560. The van der Waals surface area contributed by atoms with Crippen molar-refractivity contribution in [2.75, 3.05) is 27.4 Å². The zero-order valence-electron chi connectivity index (χ0n) is 8.96. The summed E-state index contributed by atoms with van der Waals surface area (Å²) in [5.41, 5.74) is 0. The van der Waals surface area contributed by atoms with Crippen molar-refractivity contribution in [2.45, 2.75) is 20.8 Å². The quantitative estimate of drug-likeness (QED) is 0.614. The molecule has 0 aromatic carbocycles. The van der Waals surface area contributed by atoms with Gasteiger partial charge in [-0.05, 0) is 17.8 Å². The van der Waals surface area contributed by atoms with Crippen molar-refractivity contribution in [3.8, 4) is 0 Å². The van der Waals surface area contributed by atoms with Crippen molar-refractivity contribution in [3.05, 3.63) is 0 Å². The lowest BCUT2D eigenvalue weighted by atomic mass is 9.85. The van der Waals surface area contributed by atoms with Crippen molar-refractivity contribution in [2.24, 2.45) is 17.8 Å². The van der Waals surface area contributed by atoms with E-state index in [2.05, 4.69) is 20.8 Å². The van der Waals surface area contributed by atoms with Gasteiger partial charge in [0.15, 0.2) is 0 Å². The van der Waals surface area contributed by atoms with E-state index in [1.165, 1.54) is 0 Å². The summed E-state index contributed by atoms with van der Waals surface area (Å²) in [6.45, 7) is 8.34. The lowest BCUT2D eigenvalue weighted by Gasteiger charge is -2.26. The second kappa shape index (κ2) is 6.44. The molecule has 0 aliphatic heterocycles. The van der Waals surface area contributed by atoms with E-state index in [0.29, 0.717) is 17.8 Å². The normalized spacial score (nSPS) is 16.5. The van der Waals surface area contributed by atoms with Crippen LogP contribution in [0.4, 0.5) is 0 Å². The summed E-state index contributed by atoms with van der Waals surface area (Å²) in [6.07, 6.45) is 0. The zero-order chi connectivity index (χ0) is 9.56. The summed E-state index contributed by atoms with van der Waals surface area (Å²) in [7, 11) is 3.51. The van der Waals surface area contributed by atoms with E-state index in [0.717, 1.165) is 13.2 Å². The molecular weight excluding hydrogens is 152 g/mol.